The fourth-order valence-corrected chi connectivity index (χ4v) is 5.83. The lowest BCUT2D eigenvalue weighted by atomic mass is 9.73. The molecule has 1 saturated carbocycles. The van der Waals surface area contributed by atoms with E-state index in [1.54, 1.807) is 0 Å². The van der Waals surface area contributed by atoms with Crippen molar-refractivity contribution < 1.29 is 17.9 Å². The molecule has 0 spiro atoms. The molecule has 146 valence electrons. The standard InChI is InChI=1S/C18H34N2O4S/c21-25(22,14-17-6-2-5-11-24-17)19-15-18(7-3-1-4-8-18)16-20-9-12-23-13-10-20/h17,19H,1-16H2. The summed E-state index contributed by atoms with van der Waals surface area (Å²) in [6.07, 6.45) is 8.77. The summed E-state index contributed by atoms with van der Waals surface area (Å²) in [4.78, 5) is 2.45. The molecule has 1 atom stereocenters. The molecule has 0 aromatic carbocycles. The van der Waals surface area contributed by atoms with E-state index in [0.717, 1.165) is 65.0 Å². The first-order chi connectivity index (χ1) is 12.1. The average molecular weight is 375 g/mol. The van der Waals surface area contributed by atoms with E-state index in [1.807, 2.05) is 0 Å². The van der Waals surface area contributed by atoms with Crippen molar-refractivity contribution in [2.45, 2.75) is 57.5 Å². The molecular weight excluding hydrogens is 340 g/mol. The molecule has 0 amide bonds. The quantitative estimate of drug-likeness (QED) is 0.735. The zero-order valence-corrected chi connectivity index (χ0v) is 16.2. The van der Waals surface area contributed by atoms with Gasteiger partial charge in [0.25, 0.3) is 0 Å². The highest BCUT2D eigenvalue weighted by atomic mass is 32.2. The van der Waals surface area contributed by atoms with Gasteiger partial charge in [-0.2, -0.15) is 0 Å². The number of rotatable bonds is 7. The molecule has 1 aliphatic carbocycles. The highest BCUT2D eigenvalue weighted by Gasteiger charge is 2.35. The molecule has 3 aliphatic rings. The molecule has 6 nitrogen and oxygen atoms in total. The Morgan fingerprint density at radius 1 is 1.00 bits per heavy atom. The van der Waals surface area contributed by atoms with E-state index >= 15 is 0 Å². The van der Waals surface area contributed by atoms with Gasteiger partial charge in [-0.25, -0.2) is 13.1 Å². The van der Waals surface area contributed by atoms with Crippen molar-refractivity contribution in [2.75, 3.05) is 51.8 Å². The Labute approximate surface area is 152 Å². The number of hydrogen-bond acceptors (Lipinski definition) is 5. The molecule has 25 heavy (non-hydrogen) atoms. The molecule has 3 rings (SSSR count). The SMILES string of the molecule is O=S(=O)(CC1CCCCO1)NCC1(CN2CCOCC2)CCCCC1. The Hall–Kier alpha value is -0.210. The second-order valence-electron chi connectivity index (χ2n) is 8.04. The highest BCUT2D eigenvalue weighted by molar-refractivity contribution is 7.89. The van der Waals surface area contributed by atoms with Crippen molar-refractivity contribution in [1.82, 2.24) is 9.62 Å². The lowest BCUT2D eigenvalue weighted by Crippen LogP contribution is -2.50. The van der Waals surface area contributed by atoms with Crippen LogP contribution in [0.1, 0.15) is 51.4 Å². The summed E-state index contributed by atoms with van der Waals surface area (Å²) < 4.78 is 39.1. The van der Waals surface area contributed by atoms with Crippen molar-refractivity contribution in [3.8, 4) is 0 Å². The summed E-state index contributed by atoms with van der Waals surface area (Å²) in [7, 11) is -3.28. The van der Waals surface area contributed by atoms with Gasteiger partial charge in [0.2, 0.25) is 10.0 Å². The molecule has 1 N–H and O–H groups in total. The van der Waals surface area contributed by atoms with Gasteiger partial charge in [-0.1, -0.05) is 19.3 Å². The van der Waals surface area contributed by atoms with Crippen LogP contribution in [0.5, 0.6) is 0 Å². The smallest absolute Gasteiger partial charge is 0.214 e. The Kier molecular flexibility index (Phi) is 7.14. The summed E-state index contributed by atoms with van der Waals surface area (Å²) in [5.41, 5.74) is 0.0794. The predicted molar refractivity (Wildman–Crippen MR) is 98.2 cm³/mol. The predicted octanol–water partition coefficient (Wildman–Crippen LogP) is 1.76. The minimum absolute atomic E-state index is 0.0794. The van der Waals surface area contributed by atoms with Crippen LogP contribution in [0.15, 0.2) is 0 Å². The summed E-state index contributed by atoms with van der Waals surface area (Å²) in [6, 6.07) is 0. The third kappa shape index (κ3) is 6.17. The lowest BCUT2D eigenvalue weighted by molar-refractivity contribution is 0.00830. The van der Waals surface area contributed by atoms with Crippen LogP contribution >= 0.6 is 0 Å². The maximum absolute atomic E-state index is 12.6. The maximum Gasteiger partial charge on any atom is 0.214 e. The van der Waals surface area contributed by atoms with Crippen molar-refractivity contribution >= 4 is 10.0 Å². The van der Waals surface area contributed by atoms with Crippen LogP contribution < -0.4 is 4.72 Å². The van der Waals surface area contributed by atoms with Gasteiger partial charge in [-0.3, -0.25) is 4.90 Å². The monoisotopic (exact) mass is 374 g/mol. The van der Waals surface area contributed by atoms with Gasteiger partial charge >= 0.3 is 0 Å². The van der Waals surface area contributed by atoms with Crippen molar-refractivity contribution in [2.24, 2.45) is 5.41 Å². The van der Waals surface area contributed by atoms with Gasteiger partial charge < -0.3 is 9.47 Å². The van der Waals surface area contributed by atoms with E-state index < -0.39 is 10.0 Å². The molecule has 7 heteroatoms. The van der Waals surface area contributed by atoms with Crippen LogP contribution in [0.4, 0.5) is 0 Å². The molecule has 0 radical (unpaired) electrons. The van der Waals surface area contributed by atoms with Crippen molar-refractivity contribution in [1.29, 1.82) is 0 Å². The topological polar surface area (TPSA) is 67.9 Å². The second-order valence-corrected chi connectivity index (χ2v) is 9.89. The molecule has 0 aromatic heterocycles. The number of nitrogens with zero attached hydrogens (tertiary/aromatic N) is 1. The van der Waals surface area contributed by atoms with E-state index in [1.165, 1.54) is 19.3 Å². The largest absolute Gasteiger partial charge is 0.379 e. The Morgan fingerprint density at radius 3 is 2.44 bits per heavy atom. The van der Waals surface area contributed by atoms with Gasteiger partial charge in [-0.05, 0) is 37.5 Å². The van der Waals surface area contributed by atoms with Crippen LogP contribution in [0.25, 0.3) is 0 Å². The van der Waals surface area contributed by atoms with Gasteiger partial charge in [0.05, 0.1) is 25.1 Å². The van der Waals surface area contributed by atoms with Crippen LogP contribution in [0, 0.1) is 5.41 Å². The zero-order chi connectivity index (χ0) is 17.6. The van der Waals surface area contributed by atoms with Crippen LogP contribution in [-0.2, 0) is 19.5 Å². The summed E-state index contributed by atoms with van der Waals surface area (Å²) in [6.45, 7) is 5.76. The van der Waals surface area contributed by atoms with Gasteiger partial charge in [-0.15, -0.1) is 0 Å². The van der Waals surface area contributed by atoms with E-state index in [-0.39, 0.29) is 17.3 Å². The van der Waals surface area contributed by atoms with Gasteiger partial charge in [0, 0.05) is 32.8 Å². The first-order valence-electron chi connectivity index (χ1n) is 9.96. The molecule has 0 bridgehead atoms. The van der Waals surface area contributed by atoms with E-state index in [2.05, 4.69) is 9.62 Å². The fraction of sp³-hybridized carbons (Fsp3) is 1.00. The van der Waals surface area contributed by atoms with Crippen LogP contribution in [-0.4, -0.2) is 71.2 Å². The first-order valence-corrected chi connectivity index (χ1v) is 11.6. The molecule has 2 heterocycles. The van der Waals surface area contributed by atoms with Crippen molar-refractivity contribution in [3.05, 3.63) is 0 Å². The second kappa shape index (κ2) is 9.13. The lowest BCUT2D eigenvalue weighted by Gasteiger charge is -2.42. The Morgan fingerprint density at radius 2 is 1.76 bits per heavy atom. The van der Waals surface area contributed by atoms with Gasteiger partial charge in [0.15, 0.2) is 0 Å². The average Bonchev–Trinajstić information content (AvgIpc) is 2.62. The number of ether oxygens (including phenoxy) is 2. The highest BCUT2D eigenvalue weighted by Crippen LogP contribution is 2.37. The van der Waals surface area contributed by atoms with E-state index in [4.69, 9.17) is 9.47 Å². The minimum Gasteiger partial charge on any atom is -0.379 e. The number of morpholine rings is 1. The maximum atomic E-state index is 12.6. The molecule has 2 saturated heterocycles. The number of nitrogens with one attached hydrogen (secondary N) is 1. The zero-order valence-electron chi connectivity index (χ0n) is 15.4. The van der Waals surface area contributed by atoms with Crippen LogP contribution in [0.3, 0.4) is 0 Å². The third-order valence-electron chi connectivity index (χ3n) is 5.92. The van der Waals surface area contributed by atoms with E-state index in [0.29, 0.717) is 13.2 Å². The first kappa shape index (κ1) is 19.5. The summed E-state index contributed by atoms with van der Waals surface area (Å²) in [5, 5.41) is 0. The minimum atomic E-state index is -3.28. The molecule has 3 fully saturated rings. The van der Waals surface area contributed by atoms with Crippen molar-refractivity contribution in [3.63, 3.8) is 0 Å². The number of sulfonamides is 1. The summed E-state index contributed by atoms with van der Waals surface area (Å²) in [5.74, 6) is 0.112. The van der Waals surface area contributed by atoms with Crippen LogP contribution in [0.2, 0.25) is 0 Å². The summed E-state index contributed by atoms with van der Waals surface area (Å²) >= 11 is 0. The molecular formula is C18H34N2O4S. The number of hydrogen-bond donors (Lipinski definition) is 1. The normalized spacial score (nSPS) is 28.7. The Bertz CT molecular complexity index is 493. The van der Waals surface area contributed by atoms with E-state index in [9.17, 15) is 8.42 Å². The third-order valence-corrected chi connectivity index (χ3v) is 7.32. The molecule has 0 aromatic rings. The van der Waals surface area contributed by atoms with Gasteiger partial charge in [0.1, 0.15) is 0 Å². The molecule has 2 aliphatic heterocycles. The molecule has 1 unspecified atom stereocenters. The Balaban J connectivity index is 1.55. The fourth-order valence-electron chi connectivity index (χ4n) is 4.43.